The van der Waals surface area contributed by atoms with Crippen molar-refractivity contribution in [2.24, 2.45) is 0 Å². The molecule has 0 amide bonds. The summed E-state index contributed by atoms with van der Waals surface area (Å²) in [5.74, 6) is -1.13. The zero-order valence-corrected chi connectivity index (χ0v) is 10.8. The van der Waals surface area contributed by atoms with Crippen LogP contribution in [0.5, 0.6) is 0 Å². The molecule has 0 saturated heterocycles. The largest absolute Gasteiger partial charge is 0.387 e. The van der Waals surface area contributed by atoms with Crippen molar-refractivity contribution in [2.75, 3.05) is 11.9 Å². The molecule has 2 aromatic carbocycles. The van der Waals surface area contributed by atoms with Crippen molar-refractivity contribution < 1.29 is 18.8 Å². The van der Waals surface area contributed by atoms with Gasteiger partial charge in [-0.1, -0.05) is 12.1 Å². The van der Waals surface area contributed by atoms with Crippen LogP contribution in [0.1, 0.15) is 11.7 Å². The number of nitrogens with zero attached hydrogens (tertiary/aromatic N) is 1. The minimum absolute atomic E-state index is 0.0459. The Bertz CT molecular complexity index is 664. The number of aliphatic hydroxyl groups is 1. The lowest BCUT2D eigenvalue weighted by Gasteiger charge is -2.13. The molecule has 0 radical (unpaired) electrons. The normalized spacial score (nSPS) is 12.0. The average molecular weight is 294 g/mol. The molecule has 110 valence electrons. The van der Waals surface area contributed by atoms with Crippen LogP contribution in [0, 0.1) is 21.7 Å². The molecule has 0 saturated carbocycles. The highest BCUT2D eigenvalue weighted by atomic mass is 19.1. The molecule has 0 heterocycles. The minimum Gasteiger partial charge on any atom is -0.387 e. The molecule has 2 aromatic rings. The van der Waals surface area contributed by atoms with Gasteiger partial charge in [-0.2, -0.15) is 0 Å². The summed E-state index contributed by atoms with van der Waals surface area (Å²) in [5.41, 5.74) is -0.0279. The van der Waals surface area contributed by atoms with E-state index in [1.165, 1.54) is 18.2 Å². The second-order valence-electron chi connectivity index (χ2n) is 4.37. The summed E-state index contributed by atoms with van der Waals surface area (Å²) < 4.78 is 26.2. The second kappa shape index (κ2) is 6.27. The molecule has 0 aliphatic carbocycles. The smallest absolute Gasteiger partial charge is 0.292 e. The average Bonchev–Trinajstić information content (AvgIpc) is 2.44. The Morgan fingerprint density at radius 2 is 1.90 bits per heavy atom. The Morgan fingerprint density at radius 3 is 2.57 bits per heavy atom. The molecule has 0 spiro atoms. The number of nitro groups is 1. The number of benzene rings is 2. The van der Waals surface area contributed by atoms with Crippen LogP contribution in [-0.2, 0) is 0 Å². The van der Waals surface area contributed by atoms with Gasteiger partial charge in [0.1, 0.15) is 17.3 Å². The molecule has 0 aliphatic rings. The van der Waals surface area contributed by atoms with Gasteiger partial charge in [0.2, 0.25) is 0 Å². The van der Waals surface area contributed by atoms with E-state index in [2.05, 4.69) is 5.32 Å². The third-order valence-electron chi connectivity index (χ3n) is 2.87. The highest BCUT2D eigenvalue weighted by Crippen LogP contribution is 2.26. The zero-order chi connectivity index (χ0) is 15.4. The Kier molecular flexibility index (Phi) is 4.44. The Hall–Kier alpha value is -2.54. The molecule has 5 nitrogen and oxygen atoms in total. The molecular formula is C14H12F2N2O3. The van der Waals surface area contributed by atoms with Crippen LogP contribution in [-0.4, -0.2) is 16.6 Å². The standard InChI is InChI=1S/C14H12F2N2O3/c15-10-3-1-2-9(6-10)14(19)8-17-12-7-11(16)4-5-13(12)18(20)21/h1-7,14,17,19H,8H2. The summed E-state index contributed by atoms with van der Waals surface area (Å²) >= 11 is 0. The second-order valence-corrected chi connectivity index (χ2v) is 4.37. The monoisotopic (exact) mass is 294 g/mol. The SMILES string of the molecule is O=[N+]([O-])c1ccc(F)cc1NCC(O)c1cccc(F)c1. The van der Waals surface area contributed by atoms with E-state index in [0.29, 0.717) is 5.56 Å². The molecule has 0 aliphatic heterocycles. The molecule has 0 bridgehead atoms. The van der Waals surface area contributed by atoms with Crippen molar-refractivity contribution in [2.45, 2.75) is 6.10 Å². The van der Waals surface area contributed by atoms with Gasteiger partial charge in [0.25, 0.3) is 5.69 Å². The molecule has 21 heavy (non-hydrogen) atoms. The van der Waals surface area contributed by atoms with Gasteiger partial charge in [-0.15, -0.1) is 0 Å². The van der Waals surface area contributed by atoms with E-state index in [4.69, 9.17) is 0 Å². The molecule has 2 rings (SSSR count). The number of halogens is 2. The van der Waals surface area contributed by atoms with E-state index >= 15 is 0 Å². The molecule has 7 heteroatoms. The molecule has 1 atom stereocenters. The van der Waals surface area contributed by atoms with Crippen molar-refractivity contribution in [1.29, 1.82) is 0 Å². The highest BCUT2D eigenvalue weighted by molar-refractivity contribution is 5.61. The summed E-state index contributed by atoms with van der Waals surface area (Å²) in [6, 6.07) is 8.34. The fourth-order valence-corrected chi connectivity index (χ4v) is 1.85. The molecule has 0 fully saturated rings. The Morgan fingerprint density at radius 1 is 1.19 bits per heavy atom. The van der Waals surface area contributed by atoms with E-state index in [-0.39, 0.29) is 17.9 Å². The number of nitro benzene ring substituents is 1. The van der Waals surface area contributed by atoms with E-state index in [1.54, 1.807) is 0 Å². The molecule has 0 aromatic heterocycles. The lowest BCUT2D eigenvalue weighted by molar-refractivity contribution is -0.384. The number of rotatable bonds is 5. The fourth-order valence-electron chi connectivity index (χ4n) is 1.85. The first-order chi connectivity index (χ1) is 9.97. The van der Waals surface area contributed by atoms with Crippen LogP contribution >= 0.6 is 0 Å². The number of hydrogen-bond acceptors (Lipinski definition) is 4. The van der Waals surface area contributed by atoms with Gasteiger partial charge in [0.05, 0.1) is 11.0 Å². The fraction of sp³-hybridized carbons (Fsp3) is 0.143. The van der Waals surface area contributed by atoms with Crippen LogP contribution in [0.2, 0.25) is 0 Å². The third-order valence-corrected chi connectivity index (χ3v) is 2.87. The first-order valence-corrected chi connectivity index (χ1v) is 6.08. The van der Waals surface area contributed by atoms with Gasteiger partial charge in [0, 0.05) is 18.7 Å². The van der Waals surface area contributed by atoms with Gasteiger partial charge < -0.3 is 10.4 Å². The summed E-state index contributed by atoms with van der Waals surface area (Å²) in [6.07, 6.45) is -1.08. The quantitative estimate of drug-likeness (QED) is 0.656. The topological polar surface area (TPSA) is 75.4 Å². The molecule has 1 unspecified atom stereocenters. The lowest BCUT2D eigenvalue weighted by atomic mass is 10.1. The number of anilines is 1. The van der Waals surface area contributed by atoms with Crippen molar-refractivity contribution in [1.82, 2.24) is 0 Å². The number of hydrogen-bond donors (Lipinski definition) is 2. The lowest BCUT2D eigenvalue weighted by Crippen LogP contribution is -2.13. The van der Waals surface area contributed by atoms with Gasteiger partial charge in [-0.3, -0.25) is 10.1 Å². The van der Waals surface area contributed by atoms with Crippen molar-refractivity contribution in [3.8, 4) is 0 Å². The maximum absolute atomic E-state index is 13.1. The van der Waals surface area contributed by atoms with Crippen LogP contribution in [0.3, 0.4) is 0 Å². The summed E-state index contributed by atoms with van der Waals surface area (Å²) in [7, 11) is 0. The van der Waals surface area contributed by atoms with E-state index in [1.807, 2.05) is 0 Å². The summed E-state index contributed by atoms with van der Waals surface area (Å²) in [5, 5.41) is 23.3. The number of aliphatic hydroxyl groups excluding tert-OH is 1. The summed E-state index contributed by atoms with van der Waals surface area (Å²) in [6.45, 7) is -0.117. The van der Waals surface area contributed by atoms with Crippen LogP contribution < -0.4 is 5.32 Å². The zero-order valence-electron chi connectivity index (χ0n) is 10.8. The van der Waals surface area contributed by atoms with Crippen LogP contribution in [0.4, 0.5) is 20.2 Å². The third kappa shape index (κ3) is 3.73. The van der Waals surface area contributed by atoms with E-state index < -0.39 is 22.7 Å². The maximum Gasteiger partial charge on any atom is 0.292 e. The first-order valence-electron chi connectivity index (χ1n) is 6.08. The minimum atomic E-state index is -1.08. The highest BCUT2D eigenvalue weighted by Gasteiger charge is 2.16. The van der Waals surface area contributed by atoms with E-state index in [0.717, 1.165) is 24.3 Å². The molecule has 2 N–H and O–H groups in total. The predicted molar refractivity (Wildman–Crippen MR) is 72.9 cm³/mol. The van der Waals surface area contributed by atoms with Crippen molar-refractivity contribution in [3.63, 3.8) is 0 Å². The number of nitrogens with one attached hydrogen (secondary N) is 1. The summed E-state index contributed by atoms with van der Waals surface area (Å²) in [4.78, 5) is 10.2. The van der Waals surface area contributed by atoms with Crippen LogP contribution in [0.25, 0.3) is 0 Å². The van der Waals surface area contributed by atoms with Crippen molar-refractivity contribution in [3.05, 3.63) is 69.8 Å². The van der Waals surface area contributed by atoms with E-state index in [9.17, 15) is 24.0 Å². The van der Waals surface area contributed by atoms with Gasteiger partial charge in [0.15, 0.2) is 0 Å². The van der Waals surface area contributed by atoms with Gasteiger partial charge in [-0.05, 0) is 23.8 Å². The Balaban J connectivity index is 2.12. The predicted octanol–water partition coefficient (Wildman–Crippen LogP) is 3.02. The van der Waals surface area contributed by atoms with Gasteiger partial charge in [-0.25, -0.2) is 8.78 Å². The Labute approximate surface area is 119 Å². The van der Waals surface area contributed by atoms with Gasteiger partial charge >= 0.3 is 0 Å². The maximum atomic E-state index is 13.1. The van der Waals surface area contributed by atoms with Crippen molar-refractivity contribution >= 4 is 11.4 Å². The van der Waals surface area contributed by atoms with Crippen LogP contribution in [0.15, 0.2) is 42.5 Å². The molecular weight excluding hydrogens is 282 g/mol. The first kappa shape index (κ1) is 14.9.